The summed E-state index contributed by atoms with van der Waals surface area (Å²) in [6, 6.07) is 0. The Hall–Kier alpha value is -0.460. The molecule has 0 aliphatic rings. The van der Waals surface area contributed by atoms with Crippen LogP contribution < -0.4 is 0 Å². The van der Waals surface area contributed by atoms with E-state index in [0.29, 0.717) is 6.42 Å². The van der Waals surface area contributed by atoms with Crippen molar-refractivity contribution in [3.63, 3.8) is 0 Å². The summed E-state index contributed by atoms with van der Waals surface area (Å²) in [4.78, 5) is 0. The minimum absolute atomic E-state index is 0.169. The first-order valence-electron chi connectivity index (χ1n) is 3.94. The number of rotatable bonds is 4. The summed E-state index contributed by atoms with van der Waals surface area (Å²) in [5.41, 5.74) is 0. The maximum Gasteiger partial charge on any atom is 0.423 e. The lowest BCUT2D eigenvalue weighted by Gasteiger charge is -2.22. The third-order valence-electron chi connectivity index (χ3n) is 1.38. The second-order valence-electron chi connectivity index (χ2n) is 2.69. The molecule has 14 heavy (non-hydrogen) atoms. The molecule has 7 heteroatoms. The molecule has 0 amide bonds. The molecule has 0 heterocycles. The lowest BCUT2D eigenvalue weighted by atomic mass is 10.3. The van der Waals surface area contributed by atoms with Crippen LogP contribution in [0.3, 0.4) is 0 Å². The van der Waals surface area contributed by atoms with E-state index in [0.717, 1.165) is 0 Å². The standard InChI is InChI=1S/C7H10F6O/c1-2-3-4-14-5(6(8,9)10)7(11,12)13/h5H,2-4H2,1H3. The zero-order valence-electron chi connectivity index (χ0n) is 7.37. The van der Waals surface area contributed by atoms with Gasteiger partial charge in [-0.15, -0.1) is 0 Å². The molecule has 0 atom stereocenters. The molecule has 86 valence electrons. The van der Waals surface area contributed by atoms with Gasteiger partial charge in [0.1, 0.15) is 0 Å². The normalized spacial score (nSPS) is 13.7. The molecule has 1 nitrogen and oxygen atoms in total. The molecule has 0 saturated heterocycles. The number of alkyl halides is 6. The highest BCUT2D eigenvalue weighted by Gasteiger charge is 2.57. The van der Waals surface area contributed by atoms with Crippen LogP contribution in [-0.2, 0) is 4.74 Å². The van der Waals surface area contributed by atoms with Crippen LogP contribution in [0.1, 0.15) is 19.8 Å². The summed E-state index contributed by atoms with van der Waals surface area (Å²) < 4.78 is 74.6. The Balaban J connectivity index is 4.28. The Bertz CT molecular complexity index is 147. The first kappa shape index (κ1) is 13.5. The number of hydrogen-bond acceptors (Lipinski definition) is 1. The van der Waals surface area contributed by atoms with Crippen LogP contribution in [0, 0.1) is 0 Å². The van der Waals surface area contributed by atoms with Crippen molar-refractivity contribution in [3.8, 4) is 0 Å². The second-order valence-corrected chi connectivity index (χ2v) is 2.69. The third-order valence-corrected chi connectivity index (χ3v) is 1.38. The van der Waals surface area contributed by atoms with Gasteiger partial charge in [0.05, 0.1) is 0 Å². The van der Waals surface area contributed by atoms with Crippen molar-refractivity contribution in [1.29, 1.82) is 0 Å². The van der Waals surface area contributed by atoms with Gasteiger partial charge < -0.3 is 4.74 Å². The van der Waals surface area contributed by atoms with Crippen LogP contribution in [0.25, 0.3) is 0 Å². The zero-order valence-corrected chi connectivity index (χ0v) is 7.37. The third kappa shape index (κ3) is 4.69. The van der Waals surface area contributed by atoms with Crippen LogP contribution in [0.2, 0.25) is 0 Å². The SMILES string of the molecule is CCCCOC(C(F)(F)F)C(F)(F)F. The van der Waals surface area contributed by atoms with E-state index in [1.807, 2.05) is 0 Å². The molecule has 0 aromatic carbocycles. The summed E-state index contributed by atoms with van der Waals surface area (Å²) >= 11 is 0. The van der Waals surface area contributed by atoms with Crippen molar-refractivity contribution in [1.82, 2.24) is 0 Å². The van der Waals surface area contributed by atoms with Crippen LogP contribution in [0.4, 0.5) is 26.3 Å². The van der Waals surface area contributed by atoms with Gasteiger partial charge in [-0.2, -0.15) is 26.3 Å². The first-order chi connectivity index (χ1) is 6.19. The van der Waals surface area contributed by atoms with E-state index >= 15 is 0 Å². The summed E-state index contributed by atoms with van der Waals surface area (Å²) in [5.74, 6) is 0. The largest absolute Gasteiger partial charge is 0.423 e. The summed E-state index contributed by atoms with van der Waals surface area (Å²) in [6.07, 6.45) is -13.8. The highest BCUT2D eigenvalue weighted by atomic mass is 19.4. The Morgan fingerprint density at radius 3 is 1.71 bits per heavy atom. The van der Waals surface area contributed by atoms with Gasteiger partial charge >= 0.3 is 12.4 Å². The highest BCUT2D eigenvalue weighted by Crippen LogP contribution is 2.35. The molecular formula is C7H10F6O. The average Bonchev–Trinajstić information content (AvgIpc) is 1.92. The van der Waals surface area contributed by atoms with Gasteiger partial charge in [0, 0.05) is 6.61 Å². The Morgan fingerprint density at radius 1 is 1.00 bits per heavy atom. The maximum absolute atomic E-state index is 11.8. The molecule has 0 bridgehead atoms. The van der Waals surface area contributed by atoms with Gasteiger partial charge in [0.25, 0.3) is 0 Å². The fourth-order valence-corrected chi connectivity index (χ4v) is 0.720. The van der Waals surface area contributed by atoms with E-state index in [1.165, 1.54) is 0 Å². The number of halogens is 6. The molecule has 0 aliphatic carbocycles. The topological polar surface area (TPSA) is 9.23 Å². The quantitative estimate of drug-likeness (QED) is 0.526. The molecule has 0 N–H and O–H groups in total. The molecule has 0 radical (unpaired) electrons. The molecule has 0 unspecified atom stereocenters. The van der Waals surface area contributed by atoms with E-state index < -0.39 is 25.1 Å². The predicted molar refractivity (Wildman–Crippen MR) is 36.8 cm³/mol. The molecule has 0 aromatic rings. The maximum atomic E-state index is 11.8. The monoisotopic (exact) mass is 224 g/mol. The second kappa shape index (κ2) is 4.86. The molecule has 0 saturated carbocycles. The molecular weight excluding hydrogens is 214 g/mol. The van der Waals surface area contributed by atoms with Gasteiger partial charge in [-0.25, -0.2) is 0 Å². The van der Waals surface area contributed by atoms with Crippen molar-refractivity contribution in [3.05, 3.63) is 0 Å². The van der Waals surface area contributed by atoms with Crippen molar-refractivity contribution in [2.75, 3.05) is 6.61 Å². The lowest BCUT2D eigenvalue weighted by Crippen LogP contribution is -2.44. The van der Waals surface area contributed by atoms with Gasteiger partial charge in [0.2, 0.25) is 6.10 Å². The van der Waals surface area contributed by atoms with Gasteiger partial charge in [-0.1, -0.05) is 13.3 Å². The van der Waals surface area contributed by atoms with Crippen LogP contribution in [0.15, 0.2) is 0 Å². The van der Waals surface area contributed by atoms with Crippen LogP contribution in [-0.4, -0.2) is 25.1 Å². The van der Waals surface area contributed by atoms with Crippen molar-refractivity contribution in [2.24, 2.45) is 0 Å². The fourth-order valence-electron chi connectivity index (χ4n) is 0.720. The minimum atomic E-state index is -5.40. The molecule has 0 aromatic heterocycles. The number of unbranched alkanes of at least 4 members (excludes halogenated alkanes) is 1. The van der Waals surface area contributed by atoms with E-state index in [-0.39, 0.29) is 6.42 Å². The first-order valence-corrected chi connectivity index (χ1v) is 3.94. The lowest BCUT2D eigenvalue weighted by molar-refractivity contribution is -0.321. The highest BCUT2D eigenvalue weighted by molar-refractivity contribution is 4.75. The molecule has 0 rings (SSSR count). The zero-order chi connectivity index (χ0) is 11.4. The van der Waals surface area contributed by atoms with Gasteiger partial charge in [-0.05, 0) is 6.42 Å². The predicted octanol–water partition coefficient (Wildman–Crippen LogP) is 3.30. The van der Waals surface area contributed by atoms with Crippen LogP contribution in [0.5, 0.6) is 0 Å². The van der Waals surface area contributed by atoms with E-state index in [1.54, 1.807) is 6.92 Å². The van der Waals surface area contributed by atoms with Crippen molar-refractivity contribution >= 4 is 0 Å². The Labute approximate surface area is 77.0 Å². The Morgan fingerprint density at radius 2 is 1.43 bits per heavy atom. The average molecular weight is 224 g/mol. The van der Waals surface area contributed by atoms with E-state index in [9.17, 15) is 26.3 Å². The summed E-state index contributed by atoms with van der Waals surface area (Å²) in [5, 5.41) is 0. The molecule has 0 fully saturated rings. The summed E-state index contributed by atoms with van der Waals surface area (Å²) in [7, 11) is 0. The van der Waals surface area contributed by atoms with Crippen LogP contribution >= 0.6 is 0 Å². The summed E-state index contributed by atoms with van der Waals surface area (Å²) in [6.45, 7) is 1.10. The smallest absolute Gasteiger partial charge is 0.361 e. The van der Waals surface area contributed by atoms with E-state index in [4.69, 9.17) is 0 Å². The van der Waals surface area contributed by atoms with Gasteiger partial charge in [0.15, 0.2) is 0 Å². The minimum Gasteiger partial charge on any atom is -0.361 e. The van der Waals surface area contributed by atoms with Crippen molar-refractivity contribution in [2.45, 2.75) is 38.2 Å². The fraction of sp³-hybridized carbons (Fsp3) is 1.00. The number of ether oxygens (including phenoxy) is 1. The van der Waals surface area contributed by atoms with Crippen molar-refractivity contribution < 1.29 is 31.1 Å². The van der Waals surface area contributed by atoms with Gasteiger partial charge in [-0.3, -0.25) is 0 Å². The van der Waals surface area contributed by atoms with E-state index in [2.05, 4.69) is 4.74 Å². The number of hydrogen-bond donors (Lipinski definition) is 0. The molecule has 0 aliphatic heterocycles. The Kier molecular flexibility index (Phi) is 4.70. The molecule has 0 spiro atoms.